The number of likely N-dealkylation sites (tertiary alicyclic amines) is 1. The van der Waals surface area contributed by atoms with Gasteiger partial charge in [0, 0.05) is 30.4 Å². The number of rotatable bonds is 4. The van der Waals surface area contributed by atoms with Gasteiger partial charge in [-0.1, -0.05) is 19.3 Å². The molecule has 4 rings (SSSR count). The number of aromatic nitrogens is 5. The molecule has 3 heterocycles. The molecule has 0 amide bonds. The van der Waals surface area contributed by atoms with Crippen molar-refractivity contribution in [3.8, 4) is 0 Å². The van der Waals surface area contributed by atoms with E-state index in [9.17, 15) is 0 Å². The predicted molar refractivity (Wildman–Crippen MR) is 91.4 cm³/mol. The van der Waals surface area contributed by atoms with E-state index >= 15 is 0 Å². The van der Waals surface area contributed by atoms with E-state index in [0.717, 1.165) is 37.0 Å². The SMILES string of the molecule is Cc1nc(C2CCCN2Cc2cnc(C3CCCCC3)nc2)n[nH]1. The van der Waals surface area contributed by atoms with Gasteiger partial charge in [-0.3, -0.25) is 10.00 Å². The second kappa shape index (κ2) is 6.97. The first-order chi connectivity index (χ1) is 11.8. The van der Waals surface area contributed by atoms with Gasteiger partial charge in [0.1, 0.15) is 11.6 Å². The van der Waals surface area contributed by atoms with Crippen LogP contribution >= 0.6 is 0 Å². The van der Waals surface area contributed by atoms with Gasteiger partial charge in [0.05, 0.1) is 6.04 Å². The molecule has 2 aromatic heterocycles. The Morgan fingerprint density at radius 3 is 2.54 bits per heavy atom. The Morgan fingerprint density at radius 1 is 1.04 bits per heavy atom. The van der Waals surface area contributed by atoms with Crippen molar-refractivity contribution in [1.82, 2.24) is 30.0 Å². The van der Waals surface area contributed by atoms with Crippen LogP contribution in [0.25, 0.3) is 0 Å². The number of hydrogen-bond donors (Lipinski definition) is 1. The standard InChI is InChI=1S/C18H26N6/c1-13-21-18(23-22-13)16-8-5-9-24(16)12-14-10-19-17(20-11-14)15-6-3-2-4-7-15/h10-11,15-16H,2-9,12H2,1H3,(H,21,22,23). The van der Waals surface area contributed by atoms with Crippen molar-refractivity contribution < 1.29 is 0 Å². The van der Waals surface area contributed by atoms with Crippen LogP contribution in [-0.4, -0.2) is 36.6 Å². The molecule has 0 bridgehead atoms. The highest BCUT2D eigenvalue weighted by Crippen LogP contribution is 2.32. The fourth-order valence-electron chi connectivity index (χ4n) is 4.07. The van der Waals surface area contributed by atoms with E-state index < -0.39 is 0 Å². The van der Waals surface area contributed by atoms with Crippen LogP contribution in [0, 0.1) is 6.92 Å². The number of hydrogen-bond acceptors (Lipinski definition) is 5. The molecule has 2 fully saturated rings. The van der Waals surface area contributed by atoms with E-state index in [2.05, 4.69) is 30.0 Å². The highest BCUT2D eigenvalue weighted by atomic mass is 15.3. The second-order valence-electron chi connectivity index (χ2n) is 7.19. The van der Waals surface area contributed by atoms with Crippen LogP contribution in [0.2, 0.25) is 0 Å². The molecule has 1 saturated carbocycles. The van der Waals surface area contributed by atoms with Crippen LogP contribution in [0.4, 0.5) is 0 Å². The zero-order valence-corrected chi connectivity index (χ0v) is 14.4. The maximum atomic E-state index is 4.67. The van der Waals surface area contributed by atoms with Crippen molar-refractivity contribution in [3.63, 3.8) is 0 Å². The Hall–Kier alpha value is -1.82. The lowest BCUT2D eigenvalue weighted by Gasteiger charge is -2.23. The predicted octanol–water partition coefficient (Wildman–Crippen LogP) is 3.29. The quantitative estimate of drug-likeness (QED) is 0.933. The van der Waals surface area contributed by atoms with Gasteiger partial charge in [0.25, 0.3) is 0 Å². The van der Waals surface area contributed by atoms with Crippen molar-refractivity contribution in [1.29, 1.82) is 0 Å². The smallest absolute Gasteiger partial charge is 0.167 e. The van der Waals surface area contributed by atoms with E-state index in [4.69, 9.17) is 0 Å². The lowest BCUT2D eigenvalue weighted by Crippen LogP contribution is -2.24. The van der Waals surface area contributed by atoms with Crippen molar-refractivity contribution in [3.05, 3.63) is 35.4 Å². The van der Waals surface area contributed by atoms with E-state index in [-0.39, 0.29) is 0 Å². The molecule has 128 valence electrons. The molecule has 1 unspecified atom stereocenters. The number of aromatic amines is 1. The number of nitrogens with zero attached hydrogens (tertiary/aromatic N) is 5. The number of nitrogens with one attached hydrogen (secondary N) is 1. The molecule has 0 aromatic carbocycles. The minimum absolute atomic E-state index is 0.313. The third kappa shape index (κ3) is 3.34. The Morgan fingerprint density at radius 2 is 1.83 bits per heavy atom. The average molecular weight is 326 g/mol. The fraction of sp³-hybridized carbons (Fsp3) is 0.667. The summed E-state index contributed by atoms with van der Waals surface area (Å²) in [5.74, 6) is 3.42. The summed E-state index contributed by atoms with van der Waals surface area (Å²) in [6.45, 7) is 3.92. The van der Waals surface area contributed by atoms with Gasteiger partial charge in [-0.15, -0.1) is 0 Å². The summed E-state index contributed by atoms with van der Waals surface area (Å²) in [4.78, 5) is 16.3. The molecule has 1 N–H and O–H groups in total. The minimum Gasteiger partial charge on any atom is -0.289 e. The molecular formula is C18H26N6. The van der Waals surface area contributed by atoms with Crippen LogP contribution in [0.3, 0.4) is 0 Å². The fourth-order valence-corrected chi connectivity index (χ4v) is 4.07. The highest BCUT2D eigenvalue weighted by Gasteiger charge is 2.29. The van der Waals surface area contributed by atoms with E-state index in [1.54, 1.807) is 0 Å². The molecule has 2 aliphatic rings. The van der Waals surface area contributed by atoms with Gasteiger partial charge in [-0.2, -0.15) is 5.10 Å². The van der Waals surface area contributed by atoms with Crippen LogP contribution < -0.4 is 0 Å². The molecule has 1 saturated heterocycles. The molecule has 1 atom stereocenters. The monoisotopic (exact) mass is 326 g/mol. The third-order valence-electron chi connectivity index (χ3n) is 5.36. The van der Waals surface area contributed by atoms with Gasteiger partial charge in [-0.25, -0.2) is 15.0 Å². The average Bonchev–Trinajstić information content (AvgIpc) is 3.25. The van der Waals surface area contributed by atoms with Crippen molar-refractivity contribution in [2.45, 2.75) is 70.4 Å². The molecule has 1 aliphatic carbocycles. The summed E-state index contributed by atoms with van der Waals surface area (Å²) in [6, 6.07) is 0.313. The van der Waals surface area contributed by atoms with Crippen LogP contribution in [-0.2, 0) is 6.54 Å². The summed E-state index contributed by atoms with van der Waals surface area (Å²) in [7, 11) is 0. The molecule has 0 spiro atoms. The maximum absolute atomic E-state index is 4.67. The normalized spacial score (nSPS) is 23.0. The Bertz CT molecular complexity index is 658. The lowest BCUT2D eigenvalue weighted by molar-refractivity contribution is 0.239. The van der Waals surface area contributed by atoms with Crippen molar-refractivity contribution >= 4 is 0 Å². The van der Waals surface area contributed by atoms with Crippen molar-refractivity contribution in [2.75, 3.05) is 6.54 Å². The van der Waals surface area contributed by atoms with Crippen LogP contribution in [0.1, 0.15) is 79.9 Å². The zero-order valence-electron chi connectivity index (χ0n) is 14.4. The first kappa shape index (κ1) is 15.7. The Labute approximate surface area is 143 Å². The summed E-state index contributed by atoms with van der Waals surface area (Å²) in [5, 5.41) is 7.32. The van der Waals surface area contributed by atoms with Crippen molar-refractivity contribution in [2.24, 2.45) is 0 Å². The molecule has 2 aromatic rings. The Kier molecular flexibility index (Phi) is 4.56. The van der Waals surface area contributed by atoms with E-state index in [1.807, 2.05) is 19.3 Å². The first-order valence-corrected chi connectivity index (χ1v) is 9.23. The molecule has 24 heavy (non-hydrogen) atoms. The molecule has 6 nitrogen and oxygen atoms in total. The second-order valence-corrected chi connectivity index (χ2v) is 7.19. The molecule has 1 aliphatic heterocycles. The highest BCUT2D eigenvalue weighted by molar-refractivity contribution is 5.10. The van der Waals surface area contributed by atoms with E-state index in [0.29, 0.717) is 12.0 Å². The van der Waals surface area contributed by atoms with Gasteiger partial charge >= 0.3 is 0 Å². The molecule has 6 heteroatoms. The third-order valence-corrected chi connectivity index (χ3v) is 5.36. The van der Waals surface area contributed by atoms with Crippen LogP contribution in [0.5, 0.6) is 0 Å². The summed E-state index contributed by atoms with van der Waals surface area (Å²) < 4.78 is 0. The lowest BCUT2D eigenvalue weighted by atomic mass is 9.89. The Balaban J connectivity index is 1.42. The maximum Gasteiger partial charge on any atom is 0.167 e. The van der Waals surface area contributed by atoms with E-state index in [1.165, 1.54) is 44.1 Å². The van der Waals surface area contributed by atoms with Gasteiger partial charge < -0.3 is 0 Å². The number of H-pyrrole nitrogens is 1. The summed E-state index contributed by atoms with van der Waals surface area (Å²) in [5.41, 5.74) is 1.19. The zero-order chi connectivity index (χ0) is 16.4. The topological polar surface area (TPSA) is 70.6 Å². The van der Waals surface area contributed by atoms with Crippen LogP contribution in [0.15, 0.2) is 12.4 Å². The largest absolute Gasteiger partial charge is 0.289 e. The van der Waals surface area contributed by atoms with Gasteiger partial charge in [-0.05, 0) is 39.2 Å². The van der Waals surface area contributed by atoms with Gasteiger partial charge in [0.15, 0.2) is 5.82 Å². The molecule has 0 radical (unpaired) electrons. The summed E-state index contributed by atoms with van der Waals surface area (Å²) in [6.07, 6.45) is 12.9. The minimum atomic E-state index is 0.313. The van der Waals surface area contributed by atoms with Gasteiger partial charge in [0.2, 0.25) is 0 Å². The molecular weight excluding hydrogens is 300 g/mol. The number of aryl methyl sites for hydroxylation is 1. The first-order valence-electron chi connectivity index (χ1n) is 9.23. The summed E-state index contributed by atoms with van der Waals surface area (Å²) >= 11 is 0.